The second-order valence-electron chi connectivity index (χ2n) is 15.7. The van der Waals surface area contributed by atoms with Gasteiger partial charge in [-0.2, -0.15) is 0 Å². The zero-order valence-corrected chi connectivity index (χ0v) is 34.2. The minimum Gasteiger partial charge on any atom is -0.480 e. The molecular weight excluding hydrogens is 678 g/mol. The number of carbonyl (C=O) groups excluding carboxylic acids is 3. The van der Waals surface area contributed by atoms with Gasteiger partial charge in [0.25, 0.3) is 0 Å². The Morgan fingerprint density at radius 1 is 0.943 bits per heavy atom. The van der Waals surface area contributed by atoms with Crippen molar-refractivity contribution in [1.29, 1.82) is 0 Å². The average molecular weight is 748 g/mol. The molecule has 1 aliphatic rings. The summed E-state index contributed by atoms with van der Waals surface area (Å²) in [6, 6.07) is 6.25. The van der Waals surface area contributed by atoms with Crippen LogP contribution in [0.5, 0.6) is 0 Å². The molecule has 1 aromatic rings. The molecule has 0 aromatic heterocycles. The Morgan fingerprint density at radius 2 is 1.57 bits per heavy atom. The lowest BCUT2D eigenvalue weighted by Crippen LogP contribution is -2.61. The Labute approximate surface area is 318 Å². The van der Waals surface area contributed by atoms with Crippen LogP contribution in [-0.4, -0.2) is 139 Å². The summed E-state index contributed by atoms with van der Waals surface area (Å²) in [5.41, 5.74) is 0.789. The van der Waals surface area contributed by atoms with Crippen molar-refractivity contribution >= 4 is 23.7 Å². The van der Waals surface area contributed by atoms with Gasteiger partial charge in [0.15, 0.2) is 0 Å². The summed E-state index contributed by atoms with van der Waals surface area (Å²) >= 11 is 0. The number of nitrogens with one attached hydrogen (secondary N) is 2. The van der Waals surface area contributed by atoms with Crippen LogP contribution in [0.15, 0.2) is 30.3 Å². The minimum absolute atomic E-state index is 0.00720. The number of aliphatic hydroxyl groups is 1. The van der Waals surface area contributed by atoms with E-state index in [0.717, 1.165) is 18.4 Å². The molecule has 0 saturated carbocycles. The van der Waals surface area contributed by atoms with Gasteiger partial charge in [0.05, 0.1) is 48.7 Å². The number of hydrogen-bond acceptors (Lipinski definition) is 9. The highest BCUT2D eigenvalue weighted by Gasteiger charge is 2.43. The number of nitrogens with zero attached hydrogens (tertiary/aromatic N) is 3. The van der Waals surface area contributed by atoms with Crippen molar-refractivity contribution in [1.82, 2.24) is 25.3 Å². The predicted molar refractivity (Wildman–Crippen MR) is 206 cm³/mol. The van der Waals surface area contributed by atoms with Crippen LogP contribution in [0.25, 0.3) is 0 Å². The van der Waals surface area contributed by atoms with Crippen molar-refractivity contribution in [3.63, 3.8) is 0 Å². The zero-order valence-electron chi connectivity index (χ0n) is 34.2. The summed E-state index contributed by atoms with van der Waals surface area (Å²) in [5, 5.41) is 27.0. The van der Waals surface area contributed by atoms with E-state index < -0.39 is 60.4 Å². The fourth-order valence-corrected chi connectivity index (χ4v) is 7.95. The molecule has 4 N–H and O–H groups in total. The zero-order chi connectivity index (χ0) is 40.2. The Kier molecular flexibility index (Phi) is 18.9. The maximum Gasteiger partial charge on any atom is 0.326 e. The maximum absolute atomic E-state index is 14.2. The molecular formula is C40H69N5O8. The van der Waals surface area contributed by atoms with E-state index in [1.807, 2.05) is 90.9 Å². The smallest absolute Gasteiger partial charge is 0.326 e. The molecule has 0 aliphatic carbocycles. The van der Waals surface area contributed by atoms with Crippen LogP contribution in [0.1, 0.15) is 79.7 Å². The number of likely N-dealkylation sites (N-methyl/N-ethyl adjacent to an activating group) is 2. The molecule has 0 radical (unpaired) electrons. The molecule has 1 aromatic carbocycles. The van der Waals surface area contributed by atoms with Gasteiger partial charge in [-0.15, -0.1) is 0 Å². The highest BCUT2D eigenvalue weighted by molar-refractivity contribution is 5.86. The van der Waals surface area contributed by atoms with E-state index in [4.69, 9.17) is 9.47 Å². The van der Waals surface area contributed by atoms with Gasteiger partial charge in [0.2, 0.25) is 17.7 Å². The maximum atomic E-state index is 14.2. The summed E-state index contributed by atoms with van der Waals surface area (Å²) in [4.78, 5) is 59.4. The van der Waals surface area contributed by atoms with E-state index >= 15 is 0 Å². The summed E-state index contributed by atoms with van der Waals surface area (Å²) < 4.78 is 11.9. The highest BCUT2D eigenvalue weighted by Crippen LogP contribution is 2.30. The van der Waals surface area contributed by atoms with E-state index in [-0.39, 0.29) is 48.5 Å². The van der Waals surface area contributed by atoms with Gasteiger partial charge in [0.1, 0.15) is 12.3 Å². The van der Waals surface area contributed by atoms with Gasteiger partial charge in [-0.25, -0.2) is 4.79 Å². The van der Waals surface area contributed by atoms with Gasteiger partial charge in [-0.3, -0.25) is 19.7 Å². The van der Waals surface area contributed by atoms with E-state index in [1.54, 1.807) is 30.9 Å². The number of carboxylic acid groups (broad SMARTS) is 1. The lowest BCUT2D eigenvalue weighted by atomic mass is 9.89. The summed E-state index contributed by atoms with van der Waals surface area (Å²) in [7, 11) is 8.61. The third kappa shape index (κ3) is 12.5. The van der Waals surface area contributed by atoms with Crippen molar-refractivity contribution in [2.45, 2.75) is 129 Å². The van der Waals surface area contributed by atoms with Crippen LogP contribution < -0.4 is 10.6 Å². The van der Waals surface area contributed by atoms with Crippen molar-refractivity contribution < 1.29 is 38.9 Å². The normalized spacial score (nSPS) is 20.0. The number of hydrogen-bond donors (Lipinski definition) is 4. The van der Waals surface area contributed by atoms with Crippen molar-refractivity contribution in [3.05, 3.63) is 35.9 Å². The third-order valence-electron chi connectivity index (χ3n) is 11.0. The quantitative estimate of drug-likeness (QED) is 0.130. The van der Waals surface area contributed by atoms with Gasteiger partial charge in [-0.05, 0) is 50.3 Å². The van der Waals surface area contributed by atoms with Crippen molar-refractivity contribution in [3.8, 4) is 0 Å². The first-order valence-electron chi connectivity index (χ1n) is 19.2. The molecule has 2 rings (SSSR count). The van der Waals surface area contributed by atoms with Crippen LogP contribution in [-0.2, 0) is 35.1 Å². The van der Waals surface area contributed by atoms with E-state index in [0.29, 0.717) is 13.0 Å². The number of benzene rings is 1. The Hall–Kier alpha value is -3.10. The topological polar surface area (TPSA) is 161 Å². The van der Waals surface area contributed by atoms with Crippen LogP contribution in [0.3, 0.4) is 0 Å². The third-order valence-corrected chi connectivity index (χ3v) is 11.0. The van der Waals surface area contributed by atoms with Crippen molar-refractivity contribution in [2.24, 2.45) is 23.7 Å². The molecule has 302 valence electrons. The fraction of sp³-hybridized carbons (Fsp3) is 0.750. The molecule has 0 bridgehead atoms. The van der Waals surface area contributed by atoms with Gasteiger partial charge in [-0.1, -0.05) is 85.2 Å². The van der Waals surface area contributed by atoms with Crippen LogP contribution in [0.4, 0.5) is 0 Å². The van der Waals surface area contributed by atoms with Crippen LogP contribution in [0, 0.1) is 23.7 Å². The number of carboxylic acids is 1. The molecule has 1 fully saturated rings. The van der Waals surface area contributed by atoms with Crippen LogP contribution in [0.2, 0.25) is 0 Å². The van der Waals surface area contributed by atoms with E-state index in [2.05, 4.69) is 10.6 Å². The number of likely N-dealkylation sites (tertiary alicyclic amines) is 1. The highest BCUT2D eigenvalue weighted by atomic mass is 16.5. The number of carbonyl (C=O) groups is 4. The van der Waals surface area contributed by atoms with Gasteiger partial charge < -0.3 is 39.7 Å². The molecule has 13 nitrogen and oxygen atoms in total. The molecule has 53 heavy (non-hydrogen) atoms. The number of amides is 3. The molecule has 13 heteroatoms. The summed E-state index contributed by atoms with van der Waals surface area (Å²) in [6.07, 6.45) is -0.0372. The molecule has 3 amide bonds. The molecule has 1 saturated heterocycles. The first-order valence-corrected chi connectivity index (χ1v) is 19.2. The molecule has 1 heterocycles. The number of ether oxygens (including phenoxy) is 2. The first kappa shape index (κ1) is 46.1. The Bertz CT molecular complexity index is 1290. The molecule has 1 aliphatic heterocycles. The van der Waals surface area contributed by atoms with E-state index in [9.17, 15) is 29.4 Å². The molecule has 0 spiro atoms. The second kappa shape index (κ2) is 21.7. The second-order valence-corrected chi connectivity index (χ2v) is 15.7. The lowest BCUT2D eigenvalue weighted by Gasteiger charge is -2.42. The van der Waals surface area contributed by atoms with Gasteiger partial charge >= 0.3 is 5.97 Å². The average Bonchev–Trinajstić information content (AvgIpc) is 3.59. The van der Waals surface area contributed by atoms with Gasteiger partial charge in [0, 0.05) is 34.2 Å². The number of aliphatic carboxylic acids is 1. The predicted octanol–water partition coefficient (Wildman–Crippen LogP) is 3.24. The summed E-state index contributed by atoms with van der Waals surface area (Å²) in [6.45, 7) is 14.2. The molecule has 0 unspecified atom stereocenters. The van der Waals surface area contributed by atoms with E-state index in [1.165, 1.54) is 7.11 Å². The SMILES string of the molecule is CC[C@H](C)[C@@H]([C@@H](CC(=O)N1CCC[C@H]1[C@H](OC)[C@@H](C)C(=O)N[C@@H](Cc1ccccc1)C(=O)O)OC)N(C)C(=O)[C@@H](N[C@@H](O)[C@H](C(C)C)N(C)C)C(C)C. The Balaban J connectivity index is 2.27. The Morgan fingerprint density at radius 3 is 2.06 bits per heavy atom. The largest absolute Gasteiger partial charge is 0.480 e. The first-order chi connectivity index (χ1) is 24.9. The van der Waals surface area contributed by atoms with Crippen LogP contribution >= 0.6 is 0 Å². The number of methoxy groups -OCH3 is 2. The number of rotatable bonds is 22. The monoisotopic (exact) mass is 748 g/mol. The lowest BCUT2D eigenvalue weighted by molar-refractivity contribution is -0.148. The minimum atomic E-state index is -1.13. The van der Waals surface area contributed by atoms with Crippen molar-refractivity contribution in [2.75, 3.05) is 41.9 Å². The number of aliphatic hydroxyl groups excluding tert-OH is 1. The summed E-state index contributed by atoms with van der Waals surface area (Å²) in [5.74, 6) is -2.72. The molecule has 10 atom stereocenters. The standard InChI is InChI=1S/C40H69N5O8/c1-13-26(6)35(44(10)39(49)33(24(2)3)42-38(48)34(25(4)5)43(8)9)31(52-11)23-32(46)45-21-17-20-30(45)36(53-12)27(7)37(47)41-29(40(50)51)22-28-18-15-14-16-19-28/h14-16,18-19,24-27,29-31,33-36,38,42,48H,13,17,20-23H2,1-12H3,(H,41,47)(H,50,51)/t26-,27+,29-,30-,31+,33-,34-,35-,36+,38-/m0/s1. The fourth-order valence-electron chi connectivity index (χ4n) is 7.95.